The lowest BCUT2D eigenvalue weighted by Gasteiger charge is -2.16. The molecule has 0 aliphatic carbocycles. The van der Waals surface area contributed by atoms with Gasteiger partial charge in [-0.2, -0.15) is 0 Å². The van der Waals surface area contributed by atoms with Crippen LogP contribution in [0.1, 0.15) is 12.3 Å². The Morgan fingerprint density at radius 2 is 2.30 bits per heavy atom. The highest BCUT2D eigenvalue weighted by Gasteiger charge is 2.35. The molecule has 0 spiro atoms. The average molecular weight is 274 g/mol. The van der Waals surface area contributed by atoms with Gasteiger partial charge >= 0.3 is 5.97 Å². The topological polar surface area (TPSA) is 72.6 Å². The number of rotatable bonds is 2. The van der Waals surface area contributed by atoms with Gasteiger partial charge in [0.1, 0.15) is 5.52 Å². The first-order valence-electron chi connectivity index (χ1n) is 6.34. The Morgan fingerprint density at radius 3 is 3.05 bits per heavy atom. The molecule has 104 valence electrons. The van der Waals surface area contributed by atoms with E-state index in [0.29, 0.717) is 23.5 Å². The normalized spacial score (nSPS) is 18.8. The third kappa shape index (κ3) is 2.03. The van der Waals surface area contributed by atoms with Gasteiger partial charge in [-0.3, -0.25) is 9.59 Å². The minimum Gasteiger partial charge on any atom is -0.469 e. The number of aryl methyl sites for hydroxylation is 1. The highest BCUT2D eigenvalue weighted by molar-refractivity contribution is 6.00. The number of ether oxygens (including phenoxy) is 1. The number of benzene rings is 1. The van der Waals surface area contributed by atoms with Crippen molar-refractivity contribution >= 4 is 28.7 Å². The summed E-state index contributed by atoms with van der Waals surface area (Å²) in [4.78, 5) is 29.4. The van der Waals surface area contributed by atoms with Gasteiger partial charge in [0.15, 0.2) is 11.5 Å². The minimum absolute atomic E-state index is 0.0834. The number of methoxy groups -OCH3 is 1. The van der Waals surface area contributed by atoms with Crippen molar-refractivity contribution in [3.8, 4) is 0 Å². The molecule has 1 amide bonds. The van der Waals surface area contributed by atoms with Crippen molar-refractivity contribution in [3.63, 3.8) is 0 Å². The molecular weight excluding hydrogens is 260 g/mol. The van der Waals surface area contributed by atoms with Crippen LogP contribution in [0, 0.1) is 12.8 Å². The summed E-state index contributed by atoms with van der Waals surface area (Å²) in [6.45, 7) is 2.11. The summed E-state index contributed by atoms with van der Waals surface area (Å²) < 4.78 is 10.1. The van der Waals surface area contributed by atoms with Gasteiger partial charge in [0.05, 0.1) is 13.0 Å². The molecule has 3 rings (SSSR count). The minimum atomic E-state index is -0.401. The molecule has 6 nitrogen and oxygen atoms in total. The summed E-state index contributed by atoms with van der Waals surface area (Å²) >= 11 is 0. The third-order valence-corrected chi connectivity index (χ3v) is 3.45. The lowest BCUT2D eigenvalue weighted by atomic mass is 10.1. The largest absolute Gasteiger partial charge is 0.469 e. The van der Waals surface area contributed by atoms with Gasteiger partial charge in [0, 0.05) is 25.6 Å². The number of hydrogen-bond acceptors (Lipinski definition) is 5. The molecule has 2 heterocycles. The van der Waals surface area contributed by atoms with E-state index >= 15 is 0 Å². The second-order valence-electron chi connectivity index (χ2n) is 4.81. The molecule has 0 saturated carbocycles. The first-order chi connectivity index (χ1) is 9.58. The number of carbonyl (C=O) groups is 2. The van der Waals surface area contributed by atoms with Gasteiger partial charge in [-0.05, 0) is 18.2 Å². The van der Waals surface area contributed by atoms with Crippen LogP contribution in [0.2, 0.25) is 0 Å². The van der Waals surface area contributed by atoms with Gasteiger partial charge in [-0.1, -0.05) is 0 Å². The maximum Gasteiger partial charge on any atom is 0.311 e. The fraction of sp³-hybridized carbons (Fsp3) is 0.357. The van der Waals surface area contributed by atoms with Crippen molar-refractivity contribution in [1.29, 1.82) is 0 Å². The first-order valence-corrected chi connectivity index (χ1v) is 6.34. The van der Waals surface area contributed by atoms with Gasteiger partial charge < -0.3 is 14.1 Å². The number of carbonyl (C=O) groups excluding carboxylic acids is 2. The molecule has 0 bridgehead atoms. The molecule has 1 saturated heterocycles. The number of hydrogen-bond donors (Lipinski definition) is 0. The highest BCUT2D eigenvalue weighted by atomic mass is 16.5. The Morgan fingerprint density at radius 1 is 1.50 bits per heavy atom. The molecule has 2 aromatic rings. The van der Waals surface area contributed by atoms with E-state index < -0.39 is 5.92 Å². The zero-order valence-electron chi connectivity index (χ0n) is 11.3. The van der Waals surface area contributed by atoms with Crippen molar-refractivity contribution in [2.45, 2.75) is 13.3 Å². The third-order valence-electron chi connectivity index (χ3n) is 3.45. The Labute approximate surface area is 115 Å². The monoisotopic (exact) mass is 274 g/mol. The molecule has 1 fully saturated rings. The van der Waals surface area contributed by atoms with Crippen LogP contribution in [0.4, 0.5) is 5.69 Å². The average Bonchev–Trinajstić information content (AvgIpc) is 2.98. The molecule has 1 atom stereocenters. The van der Waals surface area contributed by atoms with Crippen molar-refractivity contribution < 1.29 is 18.7 Å². The van der Waals surface area contributed by atoms with E-state index in [0.717, 1.165) is 5.69 Å². The predicted octanol–water partition coefficient (Wildman–Crippen LogP) is 1.66. The molecule has 1 aromatic carbocycles. The fourth-order valence-electron chi connectivity index (χ4n) is 2.48. The number of amides is 1. The van der Waals surface area contributed by atoms with Crippen molar-refractivity contribution in [3.05, 3.63) is 24.1 Å². The van der Waals surface area contributed by atoms with E-state index in [-0.39, 0.29) is 18.3 Å². The number of oxazole rings is 1. The summed E-state index contributed by atoms with van der Waals surface area (Å²) in [5.74, 6) is -0.251. The lowest BCUT2D eigenvalue weighted by molar-refractivity contribution is -0.145. The summed E-state index contributed by atoms with van der Waals surface area (Å²) in [6, 6.07) is 5.37. The smallest absolute Gasteiger partial charge is 0.311 e. The maximum absolute atomic E-state index is 12.0. The molecule has 6 heteroatoms. The van der Waals surface area contributed by atoms with Crippen LogP contribution in [0.15, 0.2) is 22.6 Å². The Bertz CT molecular complexity index is 692. The van der Waals surface area contributed by atoms with Gasteiger partial charge in [-0.25, -0.2) is 4.98 Å². The fourth-order valence-corrected chi connectivity index (χ4v) is 2.48. The van der Waals surface area contributed by atoms with Crippen LogP contribution in [-0.2, 0) is 14.3 Å². The first kappa shape index (κ1) is 12.7. The molecule has 1 aliphatic heterocycles. The zero-order chi connectivity index (χ0) is 14.3. The zero-order valence-corrected chi connectivity index (χ0v) is 11.3. The Kier molecular flexibility index (Phi) is 2.93. The second-order valence-corrected chi connectivity index (χ2v) is 4.81. The van der Waals surface area contributed by atoms with Crippen LogP contribution >= 0.6 is 0 Å². The quantitative estimate of drug-likeness (QED) is 0.779. The van der Waals surface area contributed by atoms with E-state index in [1.807, 2.05) is 0 Å². The number of esters is 1. The lowest BCUT2D eigenvalue weighted by Crippen LogP contribution is -2.26. The van der Waals surface area contributed by atoms with Crippen LogP contribution < -0.4 is 4.90 Å². The van der Waals surface area contributed by atoms with E-state index in [9.17, 15) is 9.59 Å². The molecule has 20 heavy (non-hydrogen) atoms. The van der Waals surface area contributed by atoms with E-state index in [1.54, 1.807) is 30.0 Å². The summed E-state index contributed by atoms with van der Waals surface area (Å²) in [7, 11) is 1.33. The van der Waals surface area contributed by atoms with Crippen LogP contribution in [-0.4, -0.2) is 30.5 Å². The molecular formula is C14H14N2O4. The Balaban J connectivity index is 1.90. The van der Waals surface area contributed by atoms with Gasteiger partial charge in [0.25, 0.3) is 0 Å². The van der Waals surface area contributed by atoms with E-state index in [2.05, 4.69) is 4.98 Å². The standard InChI is InChI=1S/C14H14N2O4/c1-8-15-11-6-10(3-4-12(11)20-8)16-7-9(5-13(16)17)14(18)19-2/h3-4,6,9H,5,7H2,1-2H3. The Hall–Kier alpha value is -2.37. The van der Waals surface area contributed by atoms with E-state index in [4.69, 9.17) is 9.15 Å². The number of aromatic nitrogens is 1. The summed E-state index contributed by atoms with van der Waals surface area (Å²) in [6.07, 6.45) is 0.183. The van der Waals surface area contributed by atoms with Gasteiger partial charge in [0.2, 0.25) is 5.91 Å². The number of anilines is 1. The summed E-state index contributed by atoms with van der Waals surface area (Å²) in [5, 5.41) is 0. The van der Waals surface area contributed by atoms with E-state index in [1.165, 1.54) is 7.11 Å². The van der Waals surface area contributed by atoms with Crippen molar-refractivity contribution in [2.24, 2.45) is 5.92 Å². The number of nitrogens with zero attached hydrogens (tertiary/aromatic N) is 2. The number of fused-ring (bicyclic) bond motifs is 1. The molecule has 1 aromatic heterocycles. The van der Waals surface area contributed by atoms with Crippen LogP contribution in [0.25, 0.3) is 11.1 Å². The molecule has 0 N–H and O–H groups in total. The molecule has 0 radical (unpaired) electrons. The SMILES string of the molecule is COC(=O)C1CC(=O)N(c2ccc3oc(C)nc3c2)C1. The van der Waals surface area contributed by atoms with Crippen LogP contribution in [0.5, 0.6) is 0 Å². The second kappa shape index (κ2) is 4.63. The van der Waals surface area contributed by atoms with Crippen molar-refractivity contribution in [2.75, 3.05) is 18.6 Å². The summed E-state index contributed by atoms with van der Waals surface area (Å²) in [5.41, 5.74) is 2.11. The van der Waals surface area contributed by atoms with Gasteiger partial charge in [-0.15, -0.1) is 0 Å². The molecule has 1 aliphatic rings. The van der Waals surface area contributed by atoms with Crippen LogP contribution in [0.3, 0.4) is 0 Å². The maximum atomic E-state index is 12.0. The highest BCUT2D eigenvalue weighted by Crippen LogP contribution is 2.28. The predicted molar refractivity (Wildman–Crippen MR) is 71.2 cm³/mol. The molecule has 1 unspecified atom stereocenters. The van der Waals surface area contributed by atoms with Crippen molar-refractivity contribution in [1.82, 2.24) is 4.98 Å².